The Kier molecular flexibility index (Phi) is 4.88. The Morgan fingerprint density at radius 1 is 0.714 bits per heavy atom. The molecular weight excluding hydrogens is 336 g/mol. The minimum atomic E-state index is -0.0118. The van der Waals surface area contributed by atoms with Crippen molar-refractivity contribution in [2.45, 2.75) is 26.2 Å². The third kappa shape index (κ3) is 3.27. The first-order chi connectivity index (χ1) is 13.6. The van der Waals surface area contributed by atoms with Crippen LogP contribution >= 0.6 is 0 Å². The van der Waals surface area contributed by atoms with Crippen molar-refractivity contribution in [2.75, 3.05) is 0 Å². The van der Waals surface area contributed by atoms with Crippen LogP contribution in [-0.2, 0) is 5.41 Å². The highest BCUT2D eigenvalue weighted by molar-refractivity contribution is 5.94. The lowest BCUT2D eigenvalue weighted by molar-refractivity contribution is 0.665. The Morgan fingerprint density at radius 3 is 2.07 bits per heavy atom. The van der Waals surface area contributed by atoms with Gasteiger partial charge in [-0.15, -0.1) is 0 Å². The zero-order valence-electron chi connectivity index (χ0n) is 16.8. The third-order valence-electron chi connectivity index (χ3n) is 5.64. The molecule has 0 nitrogen and oxygen atoms in total. The van der Waals surface area contributed by atoms with E-state index < -0.39 is 0 Å². The van der Waals surface area contributed by atoms with Crippen molar-refractivity contribution in [3.05, 3.63) is 119 Å². The van der Waals surface area contributed by atoms with Crippen LogP contribution < -0.4 is 0 Å². The van der Waals surface area contributed by atoms with Crippen LogP contribution in [0.4, 0.5) is 0 Å². The summed E-state index contributed by atoms with van der Waals surface area (Å²) < 4.78 is 0. The summed E-state index contributed by atoms with van der Waals surface area (Å²) in [5, 5.41) is 0. The lowest BCUT2D eigenvalue weighted by Crippen LogP contribution is -2.14. The van der Waals surface area contributed by atoms with E-state index in [1.54, 1.807) is 0 Å². The molecule has 3 aromatic rings. The second kappa shape index (κ2) is 7.48. The van der Waals surface area contributed by atoms with E-state index in [2.05, 4.69) is 124 Å². The van der Waals surface area contributed by atoms with Crippen LogP contribution in [0.25, 0.3) is 22.8 Å². The number of benzene rings is 3. The van der Waals surface area contributed by atoms with Crippen LogP contribution in [-0.4, -0.2) is 0 Å². The van der Waals surface area contributed by atoms with Gasteiger partial charge >= 0.3 is 0 Å². The molecule has 1 aliphatic carbocycles. The number of fused-ring (bicyclic) bond motifs is 1. The number of hydrogen-bond donors (Lipinski definition) is 0. The minimum Gasteiger partial charge on any atom is -0.0876 e. The van der Waals surface area contributed by atoms with Crippen LogP contribution in [0, 0.1) is 0 Å². The maximum atomic E-state index is 2.35. The topological polar surface area (TPSA) is 0 Å². The average Bonchev–Trinajstić information content (AvgIpc) is 2.94. The fraction of sp³-hybridized carbons (Fsp3) is 0.143. The van der Waals surface area contributed by atoms with Gasteiger partial charge in [0.15, 0.2) is 0 Å². The molecule has 3 aromatic carbocycles. The fourth-order valence-corrected chi connectivity index (χ4v) is 4.09. The van der Waals surface area contributed by atoms with Gasteiger partial charge in [-0.3, -0.25) is 0 Å². The molecule has 1 aliphatic rings. The van der Waals surface area contributed by atoms with Crippen molar-refractivity contribution >= 4 is 11.6 Å². The fourth-order valence-electron chi connectivity index (χ4n) is 4.09. The molecule has 0 bridgehead atoms. The normalized spacial score (nSPS) is 18.1. The van der Waals surface area contributed by atoms with Gasteiger partial charge in [0, 0.05) is 5.41 Å². The van der Waals surface area contributed by atoms with Crippen LogP contribution in [0.2, 0.25) is 0 Å². The van der Waals surface area contributed by atoms with Gasteiger partial charge < -0.3 is 0 Å². The van der Waals surface area contributed by atoms with E-state index in [-0.39, 0.29) is 5.41 Å². The van der Waals surface area contributed by atoms with E-state index in [0.29, 0.717) is 0 Å². The van der Waals surface area contributed by atoms with Gasteiger partial charge in [0.2, 0.25) is 0 Å². The third-order valence-corrected chi connectivity index (χ3v) is 5.64. The van der Waals surface area contributed by atoms with Gasteiger partial charge in [0.1, 0.15) is 0 Å². The molecule has 0 spiro atoms. The van der Waals surface area contributed by atoms with Gasteiger partial charge in [0.25, 0.3) is 0 Å². The van der Waals surface area contributed by atoms with Crippen molar-refractivity contribution in [3.8, 4) is 11.1 Å². The highest BCUT2D eigenvalue weighted by atomic mass is 14.4. The second-order valence-corrected chi connectivity index (χ2v) is 7.82. The molecule has 0 heteroatoms. The van der Waals surface area contributed by atoms with Crippen molar-refractivity contribution < 1.29 is 0 Å². The standard InChI is InChI=1S/C28H26/c1-4-5-13-25-24-14-9-10-15-26(24)28(2,3)27(25)20-21-16-18-23(19-17-21)22-11-7-6-8-12-22/h4-20H,1-3H3/b5-4+,25-13-,27-20?. The zero-order chi connectivity index (χ0) is 19.6. The molecule has 0 amide bonds. The molecule has 0 radical (unpaired) electrons. The quantitative estimate of drug-likeness (QED) is 0.448. The van der Waals surface area contributed by atoms with E-state index >= 15 is 0 Å². The molecule has 0 fully saturated rings. The Hall–Kier alpha value is -3.12. The summed E-state index contributed by atoms with van der Waals surface area (Å²) in [7, 11) is 0. The summed E-state index contributed by atoms with van der Waals surface area (Å²) in [6, 6.07) is 28.2. The molecule has 0 atom stereocenters. The van der Waals surface area contributed by atoms with Crippen LogP contribution in [0.1, 0.15) is 37.5 Å². The lowest BCUT2D eigenvalue weighted by Gasteiger charge is -2.22. The number of rotatable bonds is 3. The average molecular weight is 363 g/mol. The first-order valence-electron chi connectivity index (χ1n) is 9.92. The molecule has 0 aromatic heterocycles. The second-order valence-electron chi connectivity index (χ2n) is 7.82. The molecule has 4 rings (SSSR count). The van der Waals surface area contributed by atoms with Crippen molar-refractivity contribution in [2.24, 2.45) is 0 Å². The first-order valence-corrected chi connectivity index (χ1v) is 9.92. The number of hydrogen-bond acceptors (Lipinski definition) is 0. The number of allylic oxidation sites excluding steroid dienone is 5. The smallest absolute Gasteiger partial charge is 0.0159 e. The summed E-state index contributed by atoms with van der Waals surface area (Å²) in [5.74, 6) is 0. The van der Waals surface area contributed by atoms with Crippen molar-refractivity contribution in [1.29, 1.82) is 0 Å². The van der Waals surface area contributed by atoms with E-state index in [9.17, 15) is 0 Å². The van der Waals surface area contributed by atoms with Crippen LogP contribution in [0.15, 0.2) is 103 Å². The van der Waals surface area contributed by atoms with Crippen molar-refractivity contribution in [3.63, 3.8) is 0 Å². The Labute approximate surface area is 168 Å². The van der Waals surface area contributed by atoms with Crippen LogP contribution in [0.5, 0.6) is 0 Å². The van der Waals surface area contributed by atoms with Gasteiger partial charge in [-0.05, 0) is 45.9 Å². The van der Waals surface area contributed by atoms with E-state index in [0.717, 1.165) is 0 Å². The van der Waals surface area contributed by atoms with E-state index in [1.165, 1.54) is 39.0 Å². The Balaban J connectivity index is 1.77. The largest absolute Gasteiger partial charge is 0.0876 e. The molecule has 0 saturated heterocycles. The molecule has 0 unspecified atom stereocenters. The zero-order valence-corrected chi connectivity index (χ0v) is 16.8. The maximum absolute atomic E-state index is 2.35. The minimum absolute atomic E-state index is 0.0118. The van der Waals surface area contributed by atoms with Gasteiger partial charge in [-0.2, -0.15) is 0 Å². The van der Waals surface area contributed by atoms with E-state index in [1.807, 2.05) is 0 Å². The lowest BCUT2D eigenvalue weighted by atomic mass is 9.81. The highest BCUT2D eigenvalue weighted by Crippen LogP contribution is 2.50. The van der Waals surface area contributed by atoms with Gasteiger partial charge in [-0.25, -0.2) is 0 Å². The molecule has 28 heavy (non-hydrogen) atoms. The SMILES string of the molecule is C/C=C/C=C1\C(=Cc2ccc(-c3ccccc3)cc2)C(C)(C)c2ccccc21. The molecule has 0 N–H and O–H groups in total. The summed E-state index contributed by atoms with van der Waals surface area (Å²) in [4.78, 5) is 0. The van der Waals surface area contributed by atoms with E-state index in [4.69, 9.17) is 0 Å². The predicted octanol–water partition coefficient (Wildman–Crippen LogP) is 7.69. The monoisotopic (exact) mass is 362 g/mol. The predicted molar refractivity (Wildman–Crippen MR) is 122 cm³/mol. The highest BCUT2D eigenvalue weighted by Gasteiger charge is 2.37. The van der Waals surface area contributed by atoms with Gasteiger partial charge in [0.05, 0.1) is 0 Å². The Bertz CT molecular complexity index is 1060. The summed E-state index contributed by atoms with van der Waals surface area (Å²) in [6.45, 7) is 6.72. The molecule has 0 heterocycles. The maximum Gasteiger partial charge on any atom is 0.0159 e. The Morgan fingerprint density at radius 2 is 1.36 bits per heavy atom. The molecule has 0 aliphatic heterocycles. The summed E-state index contributed by atoms with van der Waals surface area (Å²) >= 11 is 0. The molecular formula is C28H26. The van der Waals surface area contributed by atoms with Crippen molar-refractivity contribution in [1.82, 2.24) is 0 Å². The van der Waals surface area contributed by atoms with Gasteiger partial charge in [-0.1, -0.05) is 117 Å². The molecule has 138 valence electrons. The molecule has 0 saturated carbocycles. The van der Waals surface area contributed by atoms with Crippen LogP contribution in [0.3, 0.4) is 0 Å². The summed E-state index contributed by atoms with van der Waals surface area (Å²) in [5.41, 5.74) is 9.18. The summed E-state index contributed by atoms with van der Waals surface area (Å²) in [6.07, 6.45) is 8.83. The first kappa shape index (κ1) is 18.3.